The molecule has 1 aliphatic rings. The van der Waals surface area contributed by atoms with Gasteiger partial charge in [-0.25, -0.2) is 8.42 Å². The number of sulfone groups is 1. The fourth-order valence-corrected chi connectivity index (χ4v) is 4.74. The van der Waals surface area contributed by atoms with Gasteiger partial charge in [0.15, 0.2) is 15.7 Å². The summed E-state index contributed by atoms with van der Waals surface area (Å²) in [6.45, 7) is 9.13. The quantitative estimate of drug-likeness (QED) is 0.514. The molecule has 0 bridgehead atoms. The minimum Gasteiger partial charge on any atom is -0.382 e. The first-order chi connectivity index (χ1) is 14.0. The van der Waals surface area contributed by atoms with Crippen LogP contribution in [-0.4, -0.2) is 70.1 Å². The van der Waals surface area contributed by atoms with E-state index in [4.69, 9.17) is 18.7 Å². The van der Waals surface area contributed by atoms with Crippen molar-refractivity contribution in [2.75, 3.05) is 51.2 Å². The molecule has 30 heavy (non-hydrogen) atoms. The molecule has 1 aromatic rings. The molecule has 1 fully saturated rings. The Balaban J connectivity index is 2.00. The van der Waals surface area contributed by atoms with Crippen molar-refractivity contribution in [1.29, 1.82) is 0 Å². The van der Waals surface area contributed by atoms with Crippen molar-refractivity contribution in [1.82, 2.24) is 5.16 Å². The minimum absolute atomic E-state index is 0.00776. The van der Waals surface area contributed by atoms with Gasteiger partial charge in [-0.1, -0.05) is 19.0 Å². The number of amides is 1. The van der Waals surface area contributed by atoms with Crippen LogP contribution in [0.5, 0.6) is 0 Å². The first kappa shape index (κ1) is 24.8. The van der Waals surface area contributed by atoms with Crippen molar-refractivity contribution in [2.45, 2.75) is 50.7 Å². The van der Waals surface area contributed by atoms with E-state index in [1.165, 1.54) is 13.8 Å². The Morgan fingerprint density at radius 1 is 1.23 bits per heavy atom. The zero-order valence-corrected chi connectivity index (χ0v) is 19.3. The highest BCUT2D eigenvalue weighted by Crippen LogP contribution is 2.28. The van der Waals surface area contributed by atoms with Crippen molar-refractivity contribution >= 4 is 21.6 Å². The van der Waals surface area contributed by atoms with Crippen LogP contribution in [0.1, 0.15) is 46.3 Å². The van der Waals surface area contributed by atoms with Gasteiger partial charge in [-0.3, -0.25) is 4.79 Å². The molecule has 2 rings (SSSR count). The predicted octanol–water partition coefficient (Wildman–Crippen LogP) is 2.17. The molecule has 0 aliphatic carbocycles. The lowest BCUT2D eigenvalue weighted by molar-refractivity contribution is -0.117. The van der Waals surface area contributed by atoms with E-state index in [9.17, 15) is 13.2 Å². The van der Waals surface area contributed by atoms with Crippen LogP contribution in [-0.2, 0) is 34.3 Å². The number of hydrogen-bond donors (Lipinski definition) is 1. The van der Waals surface area contributed by atoms with E-state index in [1.54, 1.807) is 13.2 Å². The Labute approximate surface area is 178 Å². The third kappa shape index (κ3) is 6.26. The Kier molecular flexibility index (Phi) is 8.43. The highest BCUT2D eigenvalue weighted by molar-refractivity contribution is 7.93. The second-order valence-corrected chi connectivity index (χ2v) is 11.4. The zero-order valence-electron chi connectivity index (χ0n) is 18.5. The van der Waals surface area contributed by atoms with Gasteiger partial charge < -0.3 is 24.1 Å². The third-order valence-corrected chi connectivity index (χ3v) is 8.08. The van der Waals surface area contributed by atoms with Gasteiger partial charge in [-0.05, 0) is 32.6 Å². The second kappa shape index (κ2) is 10.2. The van der Waals surface area contributed by atoms with Gasteiger partial charge in [-0.2, -0.15) is 0 Å². The van der Waals surface area contributed by atoms with Gasteiger partial charge in [-0.15, -0.1) is 0 Å². The molecule has 0 saturated carbocycles. The van der Waals surface area contributed by atoms with Crippen molar-refractivity contribution in [3.63, 3.8) is 0 Å². The van der Waals surface area contributed by atoms with Gasteiger partial charge >= 0.3 is 0 Å². The van der Waals surface area contributed by atoms with Crippen molar-refractivity contribution in [3.8, 4) is 0 Å². The number of anilines is 1. The van der Waals surface area contributed by atoms with Crippen molar-refractivity contribution in [2.24, 2.45) is 5.92 Å². The second-order valence-electron chi connectivity index (χ2n) is 8.81. The molecule has 0 spiro atoms. The number of aromatic nitrogens is 1. The summed E-state index contributed by atoms with van der Waals surface area (Å²) in [5.41, 5.74) is -0.478. The van der Waals surface area contributed by atoms with Crippen LogP contribution in [0, 0.1) is 5.92 Å². The van der Waals surface area contributed by atoms with Crippen LogP contribution in [0.2, 0.25) is 0 Å². The average molecular weight is 447 g/mol. The molecule has 1 aliphatic heterocycles. The third-order valence-electron chi connectivity index (χ3n) is 5.43. The minimum atomic E-state index is -3.68. The lowest BCUT2D eigenvalue weighted by Crippen LogP contribution is -2.47. The summed E-state index contributed by atoms with van der Waals surface area (Å²) in [4.78, 5) is 12.8. The maximum atomic E-state index is 12.9. The van der Waals surface area contributed by atoms with Gasteiger partial charge in [0.2, 0.25) is 5.91 Å². The number of rotatable bonds is 11. The fourth-order valence-electron chi connectivity index (χ4n) is 3.03. The van der Waals surface area contributed by atoms with E-state index in [0.29, 0.717) is 51.6 Å². The normalized spacial score (nSPS) is 16.6. The molecule has 1 aromatic heterocycles. The Bertz CT molecular complexity index is 796. The van der Waals surface area contributed by atoms with Gasteiger partial charge in [0, 0.05) is 31.8 Å². The summed E-state index contributed by atoms with van der Waals surface area (Å²) in [5.74, 6) is 0.0384. The molecular weight excluding hydrogens is 412 g/mol. The molecule has 172 valence electrons. The summed E-state index contributed by atoms with van der Waals surface area (Å²) < 4.78 is 45.4. The first-order valence-corrected chi connectivity index (χ1v) is 11.8. The molecule has 2 heterocycles. The van der Waals surface area contributed by atoms with E-state index in [1.807, 2.05) is 13.8 Å². The standard InChI is InChI=1S/C20H34N2O7S/c1-19(2,14-28-11-10-26-5)16-12-17(22-29-16)21-18(23)20(3,4)30(24,25)13-15-6-8-27-9-7-15/h12,15H,6-11,13-14H2,1-5H3,(H,21,22,23). The highest BCUT2D eigenvalue weighted by atomic mass is 32.2. The molecule has 0 radical (unpaired) electrons. The van der Waals surface area contributed by atoms with E-state index in [0.717, 1.165) is 0 Å². The summed E-state index contributed by atoms with van der Waals surface area (Å²) in [6.07, 6.45) is 1.37. The molecule has 0 atom stereocenters. The molecule has 10 heteroatoms. The zero-order chi connectivity index (χ0) is 22.4. The van der Waals surface area contributed by atoms with Crippen LogP contribution in [0.4, 0.5) is 5.82 Å². The van der Waals surface area contributed by atoms with Gasteiger partial charge in [0.25, 0.3) is 0 Å². The highest BCUT2D eigenvalue weighted by Gasteiger charge is 2.43. The summed E-state index contributed by atoms with van der Waals surface area (Å²) in [5, 5.41) is 6.47. The summed E-state index contributed by atoms with van der Waals surface area (Å²) >= 11 is 0. The van der Waals surface area contributed by atoms with Crippen molar-refractivity contribution < 1.29 is 31.9 Å². The van der Waals surface area contributed by atoms with Gasteiger partial charge in [0.1, 0.15) is 10.5 Å². The van der Waals surface area contributed by atoms with Crippen LogP contribution < -0.4 is 5.32 Å². The number of hydrogen-bond acceptors (Lipinski definition) is 8. The molecule has 0 unspecified atom stereocenters. The Morgan fingerprint density at radius 2 is 1.90 bits per heavy atom. The predicted molar refractivity (Wildman–Crippen MR) is 112 cm³/mol. The van der Waals surface area contributed by atoms with Gasteiger partial charge in [0.05, 0.1) is 25.6 Å². The topological polar surface area (TPSA) is 117 Å². The maximum absolute atomic E-state index is 12.9. The largest absolute Gasteiger partial charge is 0.382 e. The molecule has 9 nitrogen and oxygen atoms in total. The first-order valence-electron chi connectivity index (χ1n) is 10.1. The fraction of sp³-hybridized carbons (Fsp3) is 0.800. The summed E-state index contributed by atoms with van der Waals surface area (Å²) in [7, 11) is -2.07. The van der Waals surface area contributed by atoms with Crippen LogP contribution in [0.15, 0.2) is 10.6 Å². The lowest BCUT2D eigenvalue weighted by Gasteiger charge is -2.28. The lowest BCUT2D eigenvalue weighted by atomic mass is 9.91. The Morgan fingerprint density at radius 3 is 2.53 bits per heavy atom. The summed E-state index contributed by atoms with van der Waals surface area (Å²) in [6, 6.07) is 1.60. The van der Waals surface area contributed by atoms with Crippen LogP contribution in [0.25, 0.3) is 0 Å². The number of methoxy groups -OCH3 is 1. The monoisotopic (exact) mass is 446 g/mol. The van der Waals surface area contributed by atoms with E-state index < -0.39 is 25.9 Å². The molecule has 1 N–H and O–H groups in total. The van der Waals surface area contributed by atoms with Crippen LogP contribution >= 0.6 is 0 Å². The smallest absolute Gasteiger partial charge is 0.246 e. The van der Waals surface area contributed by atoms with E-state index >= 15 is 0 Å². The molecule has 1 amide bonds. The Hall–Kier alpha value is -1.49. The number of carbonyl (C=O) groups excluding carboxylic acids is 1. The number of nitrogens with zero attached hydrogens (tertiary/aromatic N) is 1. The number of ether oxygens (including phenoxy) is 3. The average Bonchev–Trinajstić information content (AvgIpc) is 3.15. The number of nitrogens with one attached hydrogen (secondary N) is 1. The molecule has 0 aromatic carbocycles. The SMILES string of the molecule is COCCOCC(C)(C)c1cc(NC(=O)C(C)(C)S(=O)(=O)CC2CCOCC2)no1. The molecular formula is C20H34N2O7S. The maximum Gasteiger partial charge on any atom is 0.246 e. The van der Waals surface area contributed by atoms with E-state index in [2.05, 4.69) is 10.5 Å². The van der Waals surface area contributed by atoms with E-state index in [-0.39, 0.29) is 17.5 Å². The number of carbonyl (C=O) groups is 1. The molecule has 1 saturated heterocycles. The van der Waals surface area contributed by atoms with Crippen molar-refractivity contribution in [3.05, 3.63) is 11.8 Å². The van der Waals surface area contributed by atoms with Crippen LogP contribution in [0.3, 0.4) is 0 Å².